The van der Waals surface area contributed by atoms with Gasteiger partial charge in [-0.1, -0.05) is 0 Å². The van der Waals surface area contributed by atoms with E-state index in [0.29, 0.717) is 16.7 Å². The van der Waals surface area contributed by atoms with E-state index >= 15 is 0 Å². The molecule has 0 bridgehead atoms. The Morgan fingerprint density at radius 3 is 2.33 bits per heavy atom. The third-order valence-electron chi connectivity index (χ3n) is 2.38. The number of fused-ring (bicyclic) bond motifs is 1. The lowest BCUT2D eigenvalue weighted by molar-refractivity contribution is 0.602. The van der Waals surface area contributed by atoms with Crippen LogP contribution in [0.15, 0.2) is 27.8 Å². The minimum absolute atomic E-state index is 0.0484. The molecule has 0 amide bonds. The number of hydrogen-bond donors (Lipinski definition) is 3. The third kappa shape index (κ3) is 2.43. The van der Waals surface area contributed by atoms with Gasteiger partial charge in [-0.05, 0) is 25.1 Å². The molecule has 0 spiro atoms. The second kappa shape index (κ2) is 4.30. The van der Waals surface area contributed by atoms with Gasteiger partial charge in [0.1, 0.15) is 0 Å². The minimum atomic E-state index is -3.37. The lowest BCUT2D eigenvalue weighted by atomic mass is 10.3. The van der Waals surface area contributed by atoms with Crippen LogP contribution in [0.4, 0.5) is 5.69 Å². The molecule has 0 unspecified atom stereocenters. The fourth-order valence-corrected chi connectivity index (χ4v) is 2.06. The predicted octanol–water partition coefficient (Wildman–Crippen LogP) is -0.0220. The van der Waals surface area contributed by atoms with Crippen LogP contribution in [-0.2, 0) is 10.0 Å². The summed E-state index contributed by atoms with van der Waals surface area (Å²) in [4.78, 5) is 27.0. The van der Waals surface area contributed by atoms with Crippen molar-refractivity contribution >= 4 is 26.7 Å². The molecule has 18 heavy (non-hydrogen) atoms. The van der Waals surface area contributed by atoms with E-state index in [4.69, 9.17) is 0 Å². The second-order valence-electron chi connectivity index (χ2n) is 3.67. The highest BCUT2D eigenvalue weighted by Crippen LogP contribution is 2.15. The Bertz CT molecular complexity index is 804. The molecule has 2 aromatic rings. The van der Waals surface area contributed by atoms with E-state index < -0.39 is 21.1 Å². The summed E-state index contributed by atoms with van der Waals surface area (Å²) in [5, 5.41) is 0. The van der Waals surface area contributed by atoms with Gasteiger partial charge in [0.2, 0.25) is 10.0 Å². The van der Waals surface area contributed by atoms with Crippen LogP contribution in [0.1, 0.15) is 6.92 Å². The normalized spacial score (nSPS) is 11.6. The molecule has 1 aromatic heterocycles. The first-order valence-electron chi connectivity index (χ1n) is 5.18. The van der Waals surface area contributed by atoms with E-state index in [-0.39, 0.29) is 5.75 Å². The van der Waals surface area contributed by atoms with Crippen LogP contribution < -0.4 is 15.8 Å². The maximum absolute atomic E-state index is 11.4. The summed E-state index contributed by atoms with van der Waals surface area (Å²) in [7, 11) is -3.37. The molecule has 8 heteroatoms. The average Bonchev–Trinajstić information content (AvgIpc) is 2.31. The SMILES string of the molecule is CCS(=O)(=O)Nc1ccc2[nH]c(=O)c(=O)[nH]c2c1. The van der Waals surface area contributed by atoms with Crippen LogP contribution in [-0.4, -0.2) is 24.1 Å². The van der Waals surface area contributed by atoms with Crippen molar-refractivity contribution in [3.8, 4) is 0 Å². The Kier molecular flexibility index (Phi) is 2.95. The van der Waals surface area contributed by atoms with Crippen molar-refractivity contribution in [2.45, 2.75) is 6.92 Å². The first-order chi connectivity index (χ1) is 8.41. The van der Waals surface area contributed by atoms with Gasteiger partial charge >= 0.3 is 11.1 Å². The second-order valence-corrected chi connectivity index (χ2v) is 5.69. The van der Waals surface area contributed by atoms with Gasteiger partial charge in [0.05, 0.1) is 22.5 Å². The first-order valence-corrected chi connectivity index (χ1v) is 6.83. The van der Waals surface area contributed by atoms with Gasteiger partial charge in [-0.15, -0.1) is 0 Å². The molecule has 1 heterocycles. The third-order valence-corrected chi connectivity index (χ3v) is 3.68. The Hall–Kier alpha value is -2.09. The number of aromatic nitrogens is 2. The van der Waals surface area contributed by atoms with Gasteiger partial charge in [-0.25, -0.2) is 8.42 Å². The topological polar surface area (TPSA) is 112 Å². The fourth-order valence-electron chi connectivity index (χ4n) is 1.43. The van der Waals surface area contributed by atoms with Crippen molar-refractivity contribution in [1.82, 2.24) is 9.97 Å². The molecule has 0 saturated heterocycles. The van der Waals surface area contributed by atoms with Crippen LogP contribution in [0.25, 0.3) is 11.0 Å². The number of hydrogen-bond acceptors (Lipinski definition) is 4. The number of benzene rings is 1. The zero-order chi connectivity index (χ0) is 13.3. The van der Waals surface area contributed by atoms with Gasteiger partial charge in [-0.2, -0.15) is 0 Å². The Labute approximate surface area is 102 Å². The quantitative estimate of drug-likeness (QED) is 0.679. The van der Waals surface area contributed by atoms with Crippen molar-refractivity contribution in [3.05, 3.63) is 38.9 Å². The number of anilines is 1. The molecule has 3 N–H and O–H groups in total. The zero-order valence-electron chi connectivity index (χ0n) is 9.48. The van der Waals surface area contributed by atoms with E-state index in [0.717, 1.165) is 0 Å². The lowest BCUT2D eigenvalue weighted by Crippen LogP contribution is -2.28. The van der Waals surface area contributed by atoms with Gasteiger partial charge in [0.15, 0.2) is 0 Å². The highest BCUT2D eigenvalue weighted by atomic mass is 32.2. The Morgan fingerprint density at radius 1 is 1.11 bits per heavy atom. The zero-order valence-corrected chi connectivity index (χ0v) is 10.3. The predicted molar refractivity (Wildman–Crippen MR) is 68.3 cm³/mol. The summed E-state index contributed by atoms with van der Waals surface area (Å²) in [6.07, 6.45) is 0. The molecule has 0 aliphatic heterocycles. The summed E-state index contributed by atoms with van der Waals surface area (Å²) < 4.78 is 25.1. The Morgan fingerprint density at radius 2 is 1.72 bits per heavy atom. The molecular formula is C10H11N3O4S. The molecule has 2 rings (SSSR count). The molecule has 0 fully saturated rings. The maximum Gasteiger partial charge on any atom is 0.314 e. The van der Waals surface area contributed by atoms with Crippen LogP contribution in [0.5, 0.6) is 0 Å². The van der Waals surface area contributed by atoms with Crippen molar-refractivity contribution in [1.29, 1.82) is 0 Å². The average molecular weight is 269 g/mol. The van der Waals surface area contributed by atoms with Crippen molar-refractivity contribution < 1.29 is 8.42 Å². The molecule has 0 atom stereocenters. The van der Waals surface area contributed by atoms with Crippen LogP contribution in [0.3, 0.4) is 0 Å². The standard InChI is InChI=1S/C10H11N3O4S/c1-2-18(16,17)13-6-3-4-7-8(5-6)12-10(15)9(14)11-7/h3-5,13H,2H2,1H3,(H,11,14)(H,12,15). The van der Waals surface area contributed by atoms with Crippen molar-refractivity contribution in [2.75, 3.05) is 10.5 Å². The first kappa shape index (κ1) is 12.4. The summed E-state index contributed by atoms with van der Waals surface area (Å²) in [5.74, 6) is -0.0484. The number of H-pyrrole nitrogens is 2. The number of aromatic amines is 2. The van der Waals surface area contributed by atoms with Gasteiger partial charge in [0, 0.05) is 0 Å². The molecule has 0 aliphatic carbocycles. The fraction of sp³-hybridized carbons (Fsp3) is 0.200. The summed E-state index contributed by atoms with van der Waals surface area (Å²) in [6, 6.07) is 4.46. The molecule has 0 radical (unpaired) electrons. The van der Waals surface area contributed by atoms with Crippen molar-refractivity contribution in [3.63, 3.8) is 0 Å². The van der Waals surface area contributed by atoms with E-state index in [9.17, 15) is 18.0 Å². The molecule has 7 nitrogen and oxygen atoms in total. The minimum Gasteiger partial charge on any atom is -0.316 e. The molecule has 0 saturated carbocycles. The number of sulfonamides is 1. The van der Waals surface area contributed by atoms with E-state index in [2.05, 4.69) is 14.7 Å². The number of nitrogens with one attached hydrogen (secondary N) is 3. The summed E-state index contributed by atoms with van der Waals surface area (Å²) in [6.45, 7) is 1.52. The van der Waals surface area contributed by atoms with Crippen LogP contribution >= 0.6 is 0 Å². The van der Waals surface area contributed by atoms with Crippen molar-refractivity contribution in [2.24, 2.45) is 0 Å². The summed E-state index contributed by atoms with van der Waals surface area (Å²) >= 11 is 0. The molecule has 96 valence electrons. The molecule has 1 aromatic carbocycles. The summed E-state index contributed by atoms with van der Waals surface area (Å²) in [5.41, 5.74) is -0.413. The number of rotatable bonds is 3. The molecular weight excluding hydrogens is 258 g/mol. The monoisotopic (exact) mass is 269 g/mol. The van der Waals surface area contributed by atoms with Gasteiger partial charge < -0.3 is 9.97 Å². The lowest BCUT2D eigenvalue weighted by Gasteiger charge is -2.06. The van der Waals surface area contributed by atoms with E-state index in [1.807, 2.05) is 0 Å². The van der Waals surface area contributed by atoms with E-state index in [1.54, 1.807) is 0 Å². The largest absolute Gasteiger partial charge is 0.316 e. The van der Waals surface area contributed by atoms with Gasteiger partial charge in [-0.3, -0.25) is 14.3 Å². The van der Waals surface area contributed by atoms with Crippen LogP contribution in [0, 0.1) is 0 Å². The maximum atomic E-state index is 11.4. The van der Waals surface area contributed by atoms with Gasteiger partial charge in [0.25, 0.3) is 0 Å². The highest BCUT2D eigenvalue weighted by Gasteiger charge is 2.07. The smallest absolute Gasteiger partial charge is 0.314 e. The Balaban J connectivity index is 2.54. The van der Waals surface area contributed by atoms with Crippen LogP contribution in [0.2, 0.25) is 0 Å². The highest BCUT2D eigenvalue weighted by molar-refractivity contribution is 7.92. The molecule has 0 aliphatic rings. The van der Waals surface area contributed by atoms with E-state index in [1.165, 1.54) is 25.1 Å².